The summed E-state index contributed by atoms with van der Waals surface area (Å²) in [6, 6.07) is 0. The highest BCUT2D eigenvalue weighted by molar-refractivity contribution is 5.66. The molecule has 0 unspecified atom stereocenters. The lowest BCUT2D eigenvalue weighted by Gasteiger charge is -2.07. The zero-order valence-corrected chi connectivity index (χ0v) is 16.3. The summed E-state index contributed by atoms with van der Waals surface area (Å²) in [5.41, 5.74) is 9.81. The molecule has 0 aromatic heterocycles. The highest BCUT2D eigenvalue weighted by atomic mass is 16.4. The molecule has 150 valence electrons. The number of hydrogen-bond acceptors (Lipinski definition) is 4. The van der Waals surface area contributed by atoms with E-state index in [-0.39, 0.29) is 6.10 Å². The van der Waals surface area contributed by atoms with Crippen LogP contribution in [0.25, 0.3) is 0 Å². The van der Waals surface area contributed by atoms with Gasteiger partial charge in [-0.05, 0) is 32.1 Å². The van der Waals surface area contributed by atoms with Gasteiger partial charge in [0, 0.05) is 19.5 Å². The van der Waals surface area contributed by atoms with Crippen LogP contribution in [-0.4, -0.2) is 35.4 Å². The maximum Gasteiger partial charge on any atom is 0.303 e. The first kappa shape index (κ1) is 26.3. The Hall–Kier alpha value is -0.910. The molecule has 0 heterocycles. The number of carboxylic acids is 1. The predicted octanol–water partition coefficient (Wildman–Crippen LogP) is 3.98. The Balaban J connectivity index is 0. The van der Waals surface area contributed by atoms with Crippen LogP contribution < -0.4 is 11.5 Å². The van der Waals surface area contributed by atoms with Gasteiger partial charge in [-0.25, -0.2) is 0 Å². The van der Waals surface area contributed by atoms with Crippen molar-refractivity contribution in [2.24, 2.45) is 11.5 Å². The third kappa shape index (κ3) is 28.2. The van der Waals surface area contributed by atoms with Crippen molar-refractivity contribution in [3.05, 3.63) is 12.2 Å². The minimum Gasteiger partial charge on any atom is -0.481 e. The second kappa shape index (κ2) is 23.1. The van der Waals surface area contributed by atoms with Crippen LogP contribution in [0.5, 0.6) is 0 Å². The molecule has 0 fully saturated rings. The summed E-state index contributed by atoms with van der Waals surface area (Å²) in [5, 5.41) is 18.3. The summed E-state index contributed by atoms with van der Waals surface area (Å²) in [7, 11) is 0. The fourth-order valence-corrected chi connectivity index (χ4v) is 2.36. The van der Waals surface area contributed by atoms with Gasteiger partial charge in [-0.2, -0.15) is 0 Å². The van der Waals surface area contributed by atoms with Crippen LogP contribution in [0.3, 0.4) is 0 Å². The first-order chi connectivity index (χ1) is 12.1. The molecule has 0 bridgehead atoms. The van der Waals surface area contributed by atoms with E-state index in [2.05, 4.69) is 19.1 Å². The molecular weight excluding hydrogens is 316 g/mol. The van der Waals surface area contributed by atoms with E-state index in [0.29, 0.717) is 19.5 Å². The van der Waals surface area contributed by atoms with Gasteiger partial charge in [0.1, 0.15) is 0 Å². The largest absolute Gasteiger partial charge is 0.481 e. The number of unbranched alkanes of at least 4 members (excludes halogenated alkanes) is 8. The minimum absolute atomic E-state index is 0.172. The number of carbonyl (C=O) groups is 1. The van der Waals surface area contributed by atoms with Gasteiger partial charge < -0.3 is 21.7 Å². The first-order valence-corrected chi connectivity index (χ1v) is 10.0. The van der Waals surface area contributed by atoms with Crippen molar-refractivity contribution in [2.45, 2.75) is 96.5 Å². The van der Waals surface area contributed by atoms with E-state index in [4.69, 9.17) is 16.6 Å². The third-order valence-electron chi connectivity index (χ3n) is 3.89. The lowest BCUT2D eigenvalue weighted by Crippen LogP contribution is -2.11. The Morgan fingerprint density at radius 1 is 0.920 bits per heavy atom. The zero-order valence-electron chi connectivity index (χ0n) is 16.3. The van der Waals surface area contributed by atoms with Gasteiger partial charge in [-0.15, -0.1) is 0 Å². The lowest BCUT2D eigenvalue weighted by atomic mass is 10.1. The van der Waals surface area contributed by atoms with Crippen molar-refractivity contribution >= 4 is 5.97 Å². The molecule has 25 heavy (non-hydrogen) atoms. The number of rotatable bonds is 16. The van der Waals surface area contributed by atoms with Gasteiger partial charge in [-0.1, -0.05) is 64.0 Å². The second-order valence-corrected chi connectivity index (χ2v) is 6.49. The molecule has 0 aliphatic carbocycles. The Labute approximate surface area is 154 Å². The van der Waals surface area contributed by atoms with E-state index in [0.717, 1.165) is 51.4 Å². The first-order valence-electron chi connectivity index (χ1n) is 10.0. The molecule has 0 saturated carbocycles. The summed E-state index contributed by atoms with van der Waals surface area (Å²) >= 11 is 0. The van der Waals surface area contributed by atoms with Gasteiger partial charge in [0.25, 0.3) is 0 Å². The van der Waals surface area contributed by atoms with Gasteiger partial charge >= 0.3 is 5.97 Å². The molecule has 0 radical (unpaired) electrons. The fraction of sp³-hybridized carbons (Fsp3) is 0.850. The van der Waals surface area contributed by atoms with Crippen LogP contribution in [0.15, 0.2) is 12.2 Å². The van der Waals surface area contributed by atoms with Gasteiger partial charge in [0.15, 0.2) is 0 Å². The van der Waals surface area contributed by atoms with Crippen molar-refractivity contribution in [2.75, 3.05) is 13.1 Å². The molecule has 0 aromatic carbocycles. The van der Waals surface area contributed by atoms with Crippen LogP contribution in [0.2, 0.25) is 0 Å². The SMILES string of the molecule is CCCCCC[C@@H](O)C/C=C\CCCCCCCC(=O)O.NCCN. The van der Waals surface area contributed by atoms with Crippen LogP contribution in [-0.2, 0) is 4.79 Å². The number of hydrogen-bond donors (Lipinski definition) is 4. The molecule has 0 saturated heterocycles. The van der Waals surface area contributed by atoms with Gasteiger partial charge in [0.05, 0.1) is 6.10 Å². The summed E-state index contributed by atoms with van der Waals surface area (Å²) in [4.78, 5) is 10.3. The van der Waals surface area contributed by atoms with Crippen LogP contribution in [0.4, 0.5) is 0 Å². The number of nitrogens with two attached hydrogens (primary N) is 2. The van der Waals surface area contributed by atoms with E-state index in [1.165, 1.54) is 25.7 Å². The summed E-state index contributed by atoms with van der Waals surface area (Å²) < 4.78 is 0. The molecule has 5 heteroatoms. The Morgan fingerprint density at radius 2 is 1.52 bits per heavy atom. The number of aliphatic hydroxyl groups excluding tert-OH is 1. The molecule has 6 N–H and O–H groups in total. The molecular formula is C20H42N2O3. The number of aliphatic carboxylic acids is 1. The smallest absolute Gasteiger partial charge is 0.303 e. The Morgan fingerprint density at radius 3 is 2.12 bits per heavy atom. The number of aliphatic hydroxyl groups is 1. The Bertz CT molecular complexity index is 295. The van der Waals surface area contributed by atoms with E-state index < -0.39 is 5.97 Å². The Kier molecular flexibility index (Phi) is 24.3. The average Bonchev–Trinajstić information content (AvgIpc) is 2.60. The van der Waals surface area contributed by atoms with Crippen molar-refractivity contribution in [3.8, 4) is 0 Å². The predicted molar refractivity (Wildman–Crippen MR) is 107 cm³/mol. The minimum atomic E-state index is -0.689. The summed E-state index contributed by atoms with van der Waals surface area (Å²) in [5.74, 6) is -0.689. The van der Waals surface area contributed by atoms with E-state index in [1.54, 1.807) is 0 Å². The molecule has 0 spiro atoms. The third-order valence-corrected chi connectivity index (χ3v) is 3.89. The maximum atomic E-state index is 10.3. The number of carboxylic acid groups (broad SMARTS) is 1. The fourth-order valence-electron chi connectivity index (χ4n) is 2.36. The highest BCUT2D eigenvalue weighted by Crippen LogP contribution is 2.10. The molecule has 1 atom stereocenters. The van der Waals surface area contributed by atoms with Crippen LogP contribution >= 0.6 is 0 Å². The molecule has 5 nitrogen and oxygen atoms in total. The van der Waals surface area contributed by atoms with Crippen molar-refractivity contribution < 1.29 is 15.0 Å². The molecule has 0 aromatic rings. The molecule has 0 aliphatic heterocycles. The summed E-state index contributed by atoms with van der Waals surface area (Å²) in [6.45, 7) is 3.39. The van der Waals surface area contributed by atoms with Crippen LogP contribution in [0, 0.1) is 0 Å². The summed E-state index contributed by atoms with van der Waals surface area (Å²) in [6.07, 6.45) is 17.4. The topological polar surface area (TPSA) is 110 Å². The van der Waals surface area contributed by atoms with E-state index >= 15 is 0 Å². The molecule has 0 aliphatic rings. The van der Waals surface area contributed by atoms with Gasteiger partial charge in [-0.3, -0.25) is 4.79 Å². The quantitative estimate of drug-likeness (QED) is 0.246. The van der Waals surface area contributed by atoms with Crippen molar-refractivity contribution in [1.82, 2.24) is 0 Å². The zero-order chi connectivity index (χ0) is 19.2. The second-order valence-electron chi connectivity index (χ2n) is 6.49. The van der Waals surface area contributed by atoms with Gasteiger partial charge in [0.2, 0.25) is 0 Å². The standard InChI is InChI=1S/C18H34O3.C2H8N2/c1-2-3-4-11-14-17(19)15-12-9-7-5-6-8-10-13-16-18(20)21;3-1-2-4/h9,12,17,19H,2-8,10-11,13-16H2,1H3,(H,20,21);1-4H2/b12-9-;/t17-;/m1./s1. The average molecular weight is 359 g/mol. The van der Waals surface area contributed by atoms with Crippen LogP contribution in [0.1, 0.15) is 90.4 Å². The molecule has 0 amide bonds. The van der Waals surface area contributed by atoms with E-state index in [1.807, 2.05) is 0 Å². The van der Waals surface area contributed by atoms with Crippen molar-refractivity contribution in [3.63, 3.8) is 0 Å². The monoisotopic (exact) mass is 358 g/mol. The maximum absolute atomic E-state index is 10.3. The van der Waals surface area contributed by atoms with E-state index in [9.17, 15) is 9.90 Å². The number of allylic oxidation sites excluding steroid dienone is 1. The highest BCUT2D eigenvalue weighted by Gasteiger charge is 2.00. The molecule has 0 rings (SSSR count). The van der Waals surface area contributed by atoms with Crippen molar-refractivity contribution in [1.29, 1.82) is 0 Å². The normalized spacial score (nSPS) is 12.0. The lowest BCUT2D eigenvalue weighted by molar-refractivity contribution is -0.137.